The van der Waals surface area contributed by atoms with Gasteiger partial charge in [0.2, 0.25) is 0 Å². The van der Waals surface area contributed by atoms with Crippen LogP contribution in [0.25, 0.3) is 0 Å². The lowest BCUT2D eigenvalue weighted by Gasteiger charge is -2.38. The Morgan fingerprint density at radius 1 is 1.39 bits per heavy atom. The fourth-order valence-electron chi connectivity index (χ4n) is 2.67. The van der Waals surface area contributed by atoms with Crippen molar-refractivity contribution in [2.45, 2.75) is 58.5 Å². The number of hydrogen-bond acceptors (Lipinski definition) is 2. The Balaban J connectivity index is 2.09. The summed E-state index contributed by atoms with van der Waals surface area (Å²) in [7, 11) is 0. The number of halogens is 1. The summed E-state index contributed by atoms with van der Waals surface area (Å²) in [6, 6.07) is 0.934. The molecule has 1 N–H and O–H groups in total. The van der Waals surface area contributed by atoms with E-state index in [0.717, 1.165) is 11.6 Å². The highest BCUT2D eigenvalue weighted by Gasteiger charge is 2.36. The highest BCUT2D eigenvalue weighted by Crippen LogP contribution is 2.45. The summed E-state index contributed by atoms with van der Waals surface area (Å²) in [6.07, 6.45) is 4.33. The van der Waals surface area contributed by atoms with Crippen LogP contribution in [0.4, 0.5) is 0 Å². The third kappa shape index (κ3) is 2.72. The van der Waals surface area contributed by atoms with Crippen molar-refractivity contribution in [1.29, 1.82) is 0 Å². The summed E-state index contributed by atoms with van der Waals surface area (Å²) in [5.41, 5.74) is 1.24. The van der Waals surface area contributed by atoms with Gasteiger partial charge in [-0.25, -0.2) is 0 Å². The molecule has 1 aromatic heterocycles. The maximum absolute atomic E-state index is 6.32. The first kappa shape index (κ1) is 13.9. The number of aromatic nitrogens is 2. The van der Waals surface area contributed by atoms with E-state index in [1.54, 1.807) is 6.20 Å². The molecule has 4 heteroatoms. The summed E-state index contributed by atoms with van der Waals surface area (Å²) in [6.45, 7) is 9.79. The SMILES string of the molecule is CC(C)NCC1CCC1c1c(Cl)cnn1C(C)C. The van der Waals surface area contributed by atoms with E-state index in [1.165, 1.54) is 18.5 Å². The van der Waals surface area contributed by atoms with Crippen LogP contribution < -0.4 is 5.32 Å². The van der Waals surface area contributed by atoms with Crippen molar-refractivity contribution >= 4 is 11.6 Å². The van der Waals surface area contributed by atoms with E-state index >= 15 is 0 Å². The van der Waals surface area contributed by atoms with E-state index in [1.807, 2.05) is 0 Å². The van der Waals surface area contributed by atoms with Crippen LogP contribution in [0.1, 0.15) is 58.2 Å². The largest absolute Gasteiger partial charge is 0.314 e. The Hall–Kier alpha value is -0.540. The molecule has 0 bridgehead atoms. The smallest absolute Gasteiger partial charge is 0.0820 e. The monoisotopic (exact) mass is 269 g/mol. The molecule has 1 aliphatic rings. The van der Waals surface area contributed by atoms with E-state index < -0.39 is 0 Å². The first-order valence-electron chi connectivity index (χ1n) is 6.97. The van der Waals surface area contributed by atoms with Crippen molar-refractivity contribution in [2.24, 2.45) is 5.92 Å². The third-order valence-electron chi connectivity index (χ3n) is 3.83. The van der Waals surface area contributed by atoms with Gasteiger partial charge in [-0.15, -0.1) is 0 Å². The molecule has 0 radical (unpaired) electrons. The average molecular weight is 270 g/mol. The van der Waals surface area contributed by atoms with Gasteiger partial charge in [0.25, 0.3) is 0 Å². The summed E-state index contributed by atoms with van der Waals surface area (Å²) in [4.78, 5) is 0. The van der Waals surface area contributed by atoms with Gasteiger partial charge in [-0.2, -0.15) is 5.10 Å². The molecule has 0 aliphatic heterocycles. The van der Waals surface area contributed by atoms with Crippen LogP contribution in [0.15, 0.2) is 6.20 Å². The van der Waals surface area contributed by atoms with E-state index in [-0.39, 0.29) is 0 Å². The molecule has 18 heavy (non-hydrogen) atoms. The number of nitrogens with one attached hydrogen (secondary N) is 1. The third-order valence-corrected chi connectivity index (χ3v) is 4.12. The predicted molar refractivity (Wildman–Crippen MR) is 76.2 cm³/mol. The minimum Gasteiger partial charge on any atom is -0.314 e. The van der Waals surface area contributed by atoms with Gasteiger partial charge in [0.1, 0.15) is 0 Å². The Labute approximate surface area is 115 Å². The Morgan fingerprint density at radius 2 is 2.11 bits per heavy atom. The van der Waals surface area contributed by atoms with Gasteiger partial charge in [0.15, 0.2) is 0 Å². The van der Waals surface area contributed by atoms with E-state index in [0.29, 0.717) is 23.9 Å². The summed E-state index contributed by atoms with van der Waals surface area (Å²) >= 11 is 6.32. The predicted octanol–water partition coefficient (Wildman–Crippen LogP) is 3.61. The molecule has 102 valence electrons. The molecule has 0 aromatic carbocycles. The molecule has 1 saturated carbocycles. The fraction of sp³-hybridized carbons (Fsp3) is 0.786. The van der Waals surface area contributed by atoms with Crippen LogP contribution in [0.3, 0.4) is 0 Å². The van der Waals surface area contributed by atoms with Crippen LogP contribution in [0.2, 0.25) is 5.02 Å². The van der Waals surface area contributed by atoms with Gasteiger partial charge >= 0.3 is 0 Å². The maximum atomic E-state index is 6.32. The van der Waals surface area contributed by atoms with Crippen molar-refractivity contribution < 1.29 is 0 Å². The van der Waals surface area contributed by atoms with Crippen LogP contribution in [-0.2, 0) is 0 Å². The topological polar surface area (TPSA) is 29.9 Å². The molecule has 2 atom stereocenters. The Bertz CT molecular complexity index is 398. The van der Waals surface area contributed by atoms with Gasteiger partial charge < -0.3 is 5.32 Å². The van der Waals surface area contributed by atoms with Crippen LogP contribution in [0, 0.1) is 5.92 Å². The maximum Gasteiger partial charge on any atom is 0.0820 e. The molecule has 1 heterocycles. The second kappa shape index (κ2) is 5.62. The van der Waals surface area contributed by atoms with Crippen molar-refractivity contribution in [3.8, 4) is 0 Å². The molecule has 0 saturated heterocycles. The normalized spacial score (nSPS) is 23.7. The second-order valence-corrected chi connectivity index (χ2v) is 6.33. The minimum atomic E-state index is 0.381. The molecule has 2 unspecified atom stereocenters. The lowest BCUT2D eigenvalue weighted by atomic mass is 9.71. The summed E-state index contributed by atoms with van der Waals surface area (Å²) in [5.74, 6) is 1.28. The fourth-order valence-corrected chi connectivity index (χ4v) is 2.94. The van der Waals surface area contributed by atoms with E-state index in [2.05, 4.69) is 42.8 Å². The van der Waals surface area contributed by atoms with Crippen molar-refractivity contribution in [3.05, 3.63) is 16.9 Å². The quantitative estimate of drug-likeness (QED) is 0.885. The molecular weight excluding hydrogens is 246 g/mol. The zero-order chi connectivity index (χ0) is 13.3. The summed E-state index contributed by atoms with van der Waals surface area (Å²) in [5, 5.41) is 8.78. The Morgan fingerprint density at radius 3 is 2.61 bits per heavy atom. The lowest BCUT2D eigenvalue weighted by molar-refractivity contribution is 0.226. The Kier molecular flexibility index (Phi) is 4.33. The lowest BCUT2D eigenvalue weighted by Crippen LogP contribution is -2.37. The van der Waals surface area contributed by atoms with Crippen LogP contribution in [0.5, 0.6) is 0 Å². The van der Waals surface area contributed by atoms with Gasteiger partial charge in [-0.1, -0.05) is 25.4 Å². The molecule has 1 aliphatic carbocycles. The van der Waals surface area contributed by atoms with Gasteiger partial charge in [-0.3, -0.25) is 4.68 Å². The van der Waals surface area contributed by atoms with Gasteiger partial charge in [0.05, 0.1) is 16.9 Å². The first-order valence-corrected chi connectivity index (χ1v) is 7.34. The van der Waals surface area contributed by atoms with E-state index in [4.69, 9.17) is 11.6 Å². The first-order chi connectivity index (χ1) is 8.50. The highest BCUT2D eigenvalue weighted by molar-refractivity contribution is 6.31. The standard InChI is InChI=1S/C14H24ClN3/c1-9(2)16-7-11-5-6-12(11)14-13(15)8-17-18(14)10(3)4/h8-12,16H,5-7H2,1-4H3. The van der Waals surface area contributed by atoms with Crippen LogP contribution in [-0.4, -0.2) is 22.4 Å². The second-order valence-electron chi connectivity index (χ2n) is 5.92. The number of rotatable bonds is 5. The molecule has 3 nitrogen and oxygen atoms in total. The molecule has 2 rings (SSSR count). The molecular formula is C14H24ClN3. The number of hydrogen-bond donors (Lipinski definition) is 1. The molecule has 0 amide bonds. The van der Waals surface area contributed by atoms with Crippen LogP contribution >= 0.6 is 11.6 Å². The molecule has 0 spiro atoms. The van der Waals surface area contributed by atoms with Gasteiger partial charge in [-0.05, 0) is 39.2 Å². The van der Waals surface area contributed by atoms with Crippen molar-refractivity contribution in [1.82, 2.24) is 15.1 Å². The van der Waals surface area contributed by atoms with Crippen molar-refractivity contribution in [3.63, 3.8) is 0 Å². The van der Waals surface area contributed by atoms with E-state index in [9.17, 15) is 0 Å². The highest BCUT2D eigenvalue weighted by atomic mass is 35.5. The van der Waals surface area contributed by atoms with Gasteiger partial charge in [0, 0.05) is 18.0 Å². The zero-order valence-corrected chi connectivity index (χ0v) is 12.5. The molecule has 1 aromatic rings. The molecule has 1 fully saturated rings. The number of nitrogens with zero attached hydrogens (tertiary/aromatic N) is 2. The average Bonchev–Trinajstić information content (AvgIpc) is 2.59. The summed E-state index contributed by atoms with van der Waals surface area (Å²) < 4.78 is 2.09. The zero-order valence-electron chi connectivity index (χ0n) is 11.8. The minimum absolute atomic E-state index is 0.381. The van der Waals surface area contributed by atoms with Crippen molar-refractivity contribution in [2.75, 3.05) is 6.54 Å².